The summed E-state index contributed by atoms with van der Waals surface area (Å²) in [5.74, 6) is 0. The summed E-state index contributed by atoms with van der Waals surface area (Å²) in [5, 5.41) is 0. The van der Waals surface area contributed by atoms with E-state index < -0.39 is 0 Å². The highest BCUT2D eigenvalue weighted by molar-refractivity contribution is 5.36. The lowest BCUT2D eigenvalue weighted by Gasteiger charge is -2.44. The van der Waals surface area contributed by atoms with Crippen LogP contribution >= 0.6 is 0 Å². The van der Waals surface area contributed by atoms with Crippen LogP contribution in [-0.4, -0.2) is 31.1 Å². The van der Waals surface area contributed by atoms with Gasteiger partial charge in [0, 0.05) is 5.41 Å². The van der Waals surface area contributed by atoms with Crippen molar-refractivity contribution in [2.24, 2.45) is 0 Å². The van der Waals surface area contributed by atoms with E-state index in [-0.39, 0.29) is 0 Å². The molecule has 0 unspecified atom stereocenters. The van der Waals surface area contributed by atoms with Gasteiger partial charge in [-0.25, -0.2) is 0 Å². The molecule has 3 rings (SSSR count). The third-order valence-electron chi connectivity index (χ3n) is 4.49. The molecule has 0 aromatic heterocycles. The largest absolute Gasteiger partial charge is 0.376 e. The maximum absolute atomic E-state index is 5.84. The zero-order valence-electron chi connectivity index (χ0n) is 10.6. The topological polar surface area (TPSA) is 12.5 Å². The Bertz CT molecular complexity index is 394. The highest BCUT2D eigenvalue weighted by atomic mass is 16.5. The second-order valence-corrected chi connectivity index (χ2v) is 5.36. The molecule has 0 N–H and O–H groups in total. The first-order valence-electron chi connectivity index (χ1n) is 6.72. The van der Waals surface area contributed by atoms with Crippen molar-refractivity contribution in [2.75, 3.05) is 26.2 Å². The molecule has 2 nitrogen and oxygen atoms in total. The molecule has 0 atom stereocenters. The minimum atomic E-state index is 0.306. The van der Waals surface area contributed by atoms with Crippen molar-refractivity contribution >= 4 is 0 Å². The van der Waals surface area contributed by atoms with Crippen molar-refractivity contribution in [3.8, 4) is 0 Å². The lowest BCUT2D eigenvalue weighted by atomic mass is 9.71. The van der Waals surface area contributed by atoms with Gasteiger partial charge in [-0.05, 0) is 43.6 Å². The fourth-order valence-corrected chi connectivity index (χ4v) is 3.31. The number of rotatable bonds is 1. The average Bonchev–Trinajstić information content (AvgIpc) is 2.40. The Hall–Kier alpha value is -0.860. The normalized spacial score (nSPS) is 23.6. The molecule has 0 aliphatic carbocycles. The first kappa shape index (κ1) is 11.2. The molecule has 1 spiro atoms. The van der Waals surface area contributed by atoms with Gasteiger partial charge in [-0.2, -0.15) is 0 Å². The molecule has 1 fully saturated rings. The Morgan fingerprint density at radius 1 is 1.24 bits per heavy atom. The second kappa shape index (κ2) is 4.43. The van der Waals surface area contributed by atoms with Gasteiger partial charge in [-0.15, -0.1) is 0 Å². The van der Waals surface area contributed by atoms with E-state index in [9.17, 15) is 0 Å². The van der Waals surface area contributed by atoms with Gasteiger partial charge in [-0.3, -0.25) is 0 Å². The molecule has 0 radical (unpaired) electrons. The highest BCUT2D eigenvalue weighted by Crippen LogP contribution is 2.40. The molecule has 1 aromatic rings. The number of ether oxygens (including phenoxy) is 1. The van der Waals surface area contributed by atoms with Crippen LogP contribution in [0.5, 0.6) is 0 Å². The van der Waals surface area contributed by atoms with Gasteiger partial charge < -0.3 is 9.64 Å². The monoisotopic (exact) mass is 231 g/mol. The van der Waals surface area contributed by atoms with Crippen LogP contribution in [0.3, 0.4) is 0 Å². The van der Waals surface area contributed by atoms with Crippen LogP contribution in [-0.2, 0) is 16.8 Å². The van der Waals surface area contributed by atoms with Crippen LogP contribution in [0, 0.1) is 0 Å². The van der Waals surface area contributed by atoms with Gasteiger partial charge in [0.1, 0.15) is 0 Å². The van der Waals surface area contributed by atoms with Crippen LogP contribution in [0.2, 0.25) is 0 Å². The summed E-state index contributed by atoms with van der Waals surface area (Å²) >= 11 is 0. The number of likely N-dealkylation sites (tertiary alicyclic amines) is 1. The van der Waals surface area contributed by atoms with Gasteiger partial charge in [0.2, 0.25) is 0 Å². The number of fused-ring (bicyclic) bond motifs is 2. The van der Waals surface area contributed by atoms with E-state index in [2.05, 4.69) is 36.1 Å². The van der Waals surface area contributed by atoms with Gasteiger partial charge in [0.25, 0.3) is 0 Å². The van der Waals surface area contributed by atoms with Crippen LogP contribution in [0.4, 0.5) is 0 Å². The van der Waals surface area contributed by atoms with Gasteiger partial charge in [0.05, 0.1) is 13.2 Å². The predicted octanol–water partition coefficient (Wildman–Crippen LogP) is 2.57. The van der Waals surface area contributed by atoms with Crippen LogP contribution in [0.1, 0.15) is 30.9 Å². The number of hydrogen-bond acceptors (Lipinski definition) is 2. The minimum Gasteiger partial charge on any atom is -0.376 e. The quantitative estimate of drug-likeness (QED) is 0.736. The van der Waals surface area contributed by atoms with Crippen LogP contribution < -0.4 is 0 Å². The average molecular weight is 231 g/mol. The molecule has 2 aliphatic rings. The van der Waals surface area contributed by atoms with E-state index >= 15 is 0 Å². The lowest BCUT2D eigenvalue weighted by molar-refractivity contribution is 0.0196. The van der Waals surface area contributed by atoms with Gasteiger partial charge in [0.15, 0.2) is 0 Å². The molecule has 2 heteroatoms. The summed E-state index contributed by atoms with van der Waals surface area (Å²) in [6.45, 7) is 7.58. The van der Waals surface area contributed by atoms with E-state index in [0.29, 0.717) is 5.41 Å². The third-order valence-corrected chi connectivity index (χ3v) is 4.49. The van der Waals surface area contributed by atoms with Crippen molar-refractivity contribution in [1.82, 2.24) is 4.90 Å². The molecule has 92 valence electrons. The molecular formula is C15H21NO. The van der Waals surface area contributed by atoms with Crippen molar-refractivity contribution in [1.29, 1.82) is 0 Å². The van der Waals surface area contributed by atoms with E-state index in [1.54, 1.807) is 5.56 Å². The van der Waals surface area contributed by atoms with Crippen molar-refractivity contribution in [3.05, 3.63) is 35.4 Å². The molecule has 17 heavy (non-hydrogen) atoms. The molecule has 0 bridgehead atoms. The highest BCUT2D eigenvalue weighted by Gasteiger charge is 2.39. The van der Waals surface area contributed by atoms with E-state index in [1.807, 2.05) is 0 Å². The van der Waals surface area contributed by atoms with E-state index in [1.165, 1.54) is 38.0 Å². The first-order chi connectivity index (χ1) is 8.34. The predicted molar refractivity (Wildman–Crippen MR) is 69.1 cm³/mol. The first-order valence-corrected chi connectivity index (χ1v) is 6.72. The Labute approximate surface area is 104 Å². The molecule has 2 heterocycles. The fraction of sp³-hybridized carbons (Fsp3) is 0.600. The van der Waals surface area contributed by atoms with Gasteiger partial charge in [-0.1, -0.05) is 31.2 Å². The SMILES string of the molecule is CCN1CCC2(CC1)COCc1ccccc12. The zero-order valence-corrected chi connectivity index (χ0v) is 10.6. The van der Waals surface area contributed by atoms with E-state index in [4.69, 9.17) is 4.74 Å². The number of nitrogens with zero attached hydrogens (tertiary/aromatic N) is 1. The summed E-state index contributed by atoms with van der Waals surface area (Å²) in [7, 11) is 0. The Kier molecular flexibility index (Phi) is 2.93. The maximum Gasteiger partial charge on any atom is 0.0720 e. The summed E-state index contributed by atoms with van der Waals surface area (Å²) < 4.78 is 5.84. The number of benzene rings is 1. The molecule has 2 aliphatic heterocycles. The summed E-state index contributed by atoms with van der Waals surface area (Å²) in [5.41, 5.74) is 3.27. The Morgan fingerprint density at radius 2 is 2.00 bits per heavy atom. The third kappa shape index (κ3) is 1.90. The van der Waals surface area contributed by atoms with E-state index in [0.717, 1.165) is 13.2 Å². The molecule has 1 aromatic carbocycles. The summed E-state index contributed by atoms with van der Waals surface area (Å²) in [4.78, 5) is 2.54. The Balaban J connectivity index is 1.89. The standard InChI is InChI=1S/C15H21NO/c1-2-16-9-7-15(8-10-16)12-17-11-13-5-3-4-6-14(13)15/h3-6H,2,7-12H2,1H3. The zero-order chi connectivity index (χ0) is 11.7. The van der Waals surface area contributed by atoms with Crippen molar-refractivity contribution < 1.29 is 4.74 Å². The van der Waals surface area contributed by atoms with Crippen LogP contribution in [0.15, 0.2) is 24.3 Å². The molecule has 1 saturated heterocycles. The van der Waals surface area contributed by atoms with Gasteiger partial charge >= 0.3 is 0 Å². The summed E-state index contributed by atoms with van der Waals surface area (Å²) in [6, 6.07) is 8.85. The minimum absolute atomic E-state index is 0.306. The molecular weight excluding hydrogens is 210 g/mol. The Morgan fingerprint density at radius 3 is 2.76 bits per heavy atom. The van der Waals surface area contributed by atoms with Crippen molar-refractivity contribution in [2.45, 2.75) is 31.8 Å². The fourth-order valence-electron chi connectivity index (χ4n) is 3.31. The number of piperidine rings is 1. The lowest BCUT2D eigenvalue weighted by Crippen LogP contribution is -2.47. The molecule has 0 saturated carbocycles. The molecule has 0 amide bonds. The smallest absolute Gasteiger partial charge is 0.0720 e. The van der Waals surface area contributed by atoms with Crippen LogP contribution in [0.25, 0.3) is 0 Å². The van der Waals surface area contributed by atoms with Crippen molar-refractivity contribution in [3.63, 3.8) is 0 Å². The number of hydrogen-bond donors (Lipinski definition) is 0. The second-order valence-electron chi connectivity index (χ2n) is 5.36. The summed E-state index contributed by atoms with van der Waals surface area (Å²) in [6.07, 6.45) is 2.50. The maximum atomic E-state index is 5.84.